The Labute approximate surface area is 146 Å². The van der Waals surface area contributed by atoms with Crippen LogP contribution in [0.3, 0.4) is 0 Å². The molecule has 1 aliphatic rings. The van der Waals surface area contributed by atoms with Gasteiger partial charge >= 0.3 is 5.97 Å². The Kier molecular flexibility index (Phi) is 4.45. The number of H-pyrrole nitrogens is 1. The number of piperidine rings is 1. The largest absolute Gasteiger partial charge is 0.481 e. The van der Waals surface area contributed by atoms with Crippen LogP contribution >= 0.6 is 15.9 Å². The van der Waals surface area contributed by atoms with E-state index in [9.17, 15) is 19.5 Å². The lowest BCUT2D eigenvalue weighted by Gasteiger charge is -2.34. The number of nitrogens with zero attached hydrogens (tertiary/aromatic N) is 1. The van der Waals surface area contributed by atoms with Gasteiger partial charge in [0.25, 0.3) is 5.91 Å². The van der Waals surface area contributed by atoms with E-state index in [2.05, 4.69) is 20.9 Å². The molecular weight excluding hydrogens is 376 g/mol. The Morgan fingerprint density at radius 2 is 2.04 bits per heavy atom. The normalized spacial score (nSPS) is 21.0. The lowest BCUT2D eigenvalue weighted by Crippen LogP contribution is -2.45. The van der Waals surface area contributed by atoms with Gasteiger partial charge in [-0.25, -0.2) is 0 Å². The highest BCUT2D eigenvalue weighted by atomic mass is 79.9. The Balaban J connectivity index is 2.03. The minimum Gasteiger partial charge on any atom is -0.481 e. The molecular formula is C17H17BrN2O4. The molecule has 2 N–H and O–H groups in total. The molecule has 7 heteroatoms. The van der Waals surface area contributed by atoms with Gasteiger partial charge in [0.05, 0.1) is 11.5 Å². The van der Waals surface area contributed by atoms with Crippen molar-refractivity contribution < 1.29 is 14.7 Å². The molecule has 1 amide bonds. The molecule has 1 aromatic heterocycles. The maximum atomic E-state index is 13.0. The number of likely N-dealkylation sites (tertiary alicyclic amines) is 1. The predicted molar refractivity (Wildman–Crippen MR) is 93.1 cm³/mol. The first-order valence-corrected chi connectivity index (χ1v) is 8.49. The van der Waals surface area contributed by atoms with Crippen LogP contribution < -0.4 is 5.56 Å². The van der Waals surface area contributed by atoms with Crippen LogP contribution in [0.15, 0.2) is 33.5 Å². The lowest BCUT2D eigenvalue weighted by atomic mass is 9.90. The third-order valence-electron chi connectivity index (χ3n) is 4.33. The van der Waals surface area contributed by atoms with Crippen molar-refractivity contribution in [1.29, 1.82) is 0 Å². The second-order valence-corrected chi connectivity index (χ2v) is 7.24. The zero-order valence-electron chi connectivity index (χ0n) is 13.1. The number of amides is 1. The summed E-state index contributed by atoms with van der Waals surface area (Å²) in [6.45, 7) is 2.59. The predicted octanol–water partition coefficient (Wildman–Crippen LogP) is 2.47. The molecule has 1 aliphatic heterocycles. The monoisotopic (exact) mass is 392 g/mol. The van der Waals surface area contributed by atoms with Gasteiger partial charge in [-0.15, -0.1) is 0 Å². The van der Waals surface area contributed by atoms with E-state index in [0.29, 0.717) is 29.4 Å². The van der Waals surface area contributed by atoms with E-state index in [4.69, 9.17) is 0 Å². The fourth-order valence-electron chi connectivity index (χ4n) is 3.27. The van der Waals surface area contributed by atoms with E-state index in [1.807, 2.05) is 6.92 Å². The minimum absolute atomic E-state index is 0.101. The lowest BCUT2D eigenvalue weighted by molar-refractivity contribution is -0.143. The van der Waals surface area contributed by atoms with Crippen molar-refractivity contribution in [3.8, 4) is 0 Å². The van der Waals surface area contributed by atoms with E-state index in [0.717, 1.165) is 4.47 Å². The molecule has 0 radical (unpaired) electrons. The summed E-state index contributed by atoms with van der Waals surface area (Å²) in [5.41, 5.74) is 0.523. The van der Waals surface area contributed by atoms with Crippen molar-refractivity contribution in [1.82, 2.24) is 9.88 Å². The van der Waals surface area contributed by atoms with Crippen LogP contribution in [-0.4, -0.2) is 40.0 Å². The summed E-state index contributed by atoms with van der Waals surface area (Å²) in [6, 6.07) is 6.58. The number of hydrogen-bond donors (Lipinski definition) is 2. The SMILES string of the molecule is CC1CC(C(=O)O)CN(C(=O)c2cc(=O)[nH]c3ccc(Br)cc23)C1. The van der Waals surface area contributed by atoms with Crippen molar-refractivity contribution in [2.45, 2.75) is 13.3 Å². The highest BCUT2D eigenvalue weighted by molar-refractivity contribution is 9.10. The summed E-state index contributed by atoms with van der Waals surface area (Å²) in [5.74, 6) is -1.67. The first-order valence-electron chi connectivity index (χ1n) is 7.70. The highest BCUT2D eigenvalue weighted by Gasteiger charge is 2.32. The first-order chi connectivity index (χ1) is 11.3. The highest BCUT2D eigenvalue weighted by Crippen LogP contribution is 2.26. The topological polar surface area (TPSA) is 90.5 Å². The number of fused-ring (bicyclic) bond motifs is 1. The zero-order valence-corrected chi connectivity index (χ0v) is 14.7. The number of carbonyl (C=O) groups is 2. The third-order valence-corrected chi connectivity index (χ3v) is 4.82. The quantitative estimate of drug-likeness (QED) is 0.820. The number of carbonyl (C=O) groups excluding carboxylic acids is 1. The Morgan fingerprint density at radius 1 is 1.29 bits per heavy atom. The summed E-state index contributed by atoms with van der Waals surface area (Å²) in [7, 11) is 0. The van der Waals surface area contributed by atoms with Gasteiger partial charge in [0.1, 0.15) is 0 Å². The second-order valence-electron chi connectivity index (χ2n) is 6.32. The van der Waals surface area contributed by atoms with Crippen molar-refractivity contribution in [2.75, 3.05) is 13.1 Å². The van der Waals surface area contributed by atoms with E-state index in [1.165, 1.54) is 6.07 Å². The van der Waals surface area contributed by atoms with Crippen LogP contribution in [0, 0.1) is 11.8 Å². The molecule has 126 valence electrons. The van der Waals surface area contributed by atoms with Crippen molar-refractivity contribution in [2.24, 2.45) is 11.8 Å². The minimum atomic E-state index is -0.891. The van der Waals surface area contributed by atoms with Gasteiger partial charge in [-0.1, -0.05) is 22.9 Å². The summed E-state index contributed by atoms with van der Waals surface area (Å²) in [5, 5.41) is 9.92. The van der Waals surface area contributed by atoms with Gasteiger partial charge in [0.15, 0.2) is 0 Å². The molecule has 0 aliphatic carbocycles. The van der Waals surface area contributed by atoms with Gasteiger partial charge < -0.3 is 15.0 Å². The molecule has 2 aromatic rings. The van der Waals surface area contributed by atoms with Crippen molar-refractivity contribution in [3.05, 3.63) is 44.7 Å². The third kappa shape index (κ3) is 3.21. The number of hydrogen-bond acceptors (Lipinski definition) is 3. The molecule has 2 unspecified atom stereocenters. The average Bonchev–Trinajstić information content (AvgIpc) is 2.53. The Hall–Kier alpha value is -2.15. The van der Waals surface area contributed by atoms with E-state index in [1.54, 1.807) is 23.1 Å². The molecule has 1 saturated heterocycles. The number of carboxylic acid groups (broad SMARTS) is 1. The van der Waals surface area contributed by atoms with Gasteiger partial charge in [-0.3, -0.25) is 14.4 Å². The summed E-state index contributed by atoms with van der Waals surface area (Å²) < 4.78 is 0.798. The van der Waals surface area contributed by atoms with E-state index >= 15 is 0 Å². The number of pyridine rings is 1. The number of aromatic amines is 1. The molecule has 6 nitrogen and oxygen atoms in total. The fraction of sp³-hybridized carbons (Fsp3) is 0.353. The second kappa shape index (κ2) is 6.39. The average molecular weight is 393 g/mol. The maximum Gasteiger partial charge on any atom is 0.308 e. The van der Waals surface area contributed by atoms with Crippen LogP contribution in [0.5, 0.6) is 0 Å². The standard InChI is InChI=1S/C17H17BrN2O4/c1-9-4-10(17(23)24)8-20(7-9)16(22)13-6-15(21)19-14-3-2-11(18)5-12(13)14/h2-3,5-6,9-10H,4,7-8H2,1H3,(H,19,21)(H,23,24). The maximum absolute atomic E-state index is 13.0. The van der Waals surface area contributed by atoms with Crippen LogP contribution in [0.25, 0.3) is 10.9 Å². The van der Waals surface area contributed by atoms with E-state index in [-0.39, 0.29) is 23.9 Å². The van der Waals surface area contributed by atoms with Gasteiger partial charge in [0, 0.05) is 34.5 Å². The molecule has 24 heavy (non-hydrogen) atoms. The van der Waals surface area contributed by atoms with Crippen molar-refractivity contribution >= 4 is 38.7 Å². The first kappa shape index (κ1) is 16.7. The molecule has 0 saturated carbocycles. The molecule has 3 rings (SSSR count). The van der Waals surface area contributed by atoms with Gasteiger partial charge in [-0.2, -0.15) is 0 Å². The number of benzene rings is 1. The van der Waals surface area contributed by atoms with Crippen LogP contribution in [0.4, 0.5) is 0 Å². The number of aliphatic carboxylic acids is 1. The van der Waals surface area contributed by atoms with Crippen LogP contribution in [0.2, 0.25) is 0 Å². The van der Waals surface area contributed by atoms with Gasteiger partial charge in [0.2, 0.25) is 5.56 Å². The number of rotatable bonds is 2. The zero-order chi connectivity index (χ0) is 17.4. The molecule has 0 spiro atoms. The number of carboxylic acids is 1. The summed E-state index contributed by atoms with van der Waals surface area (Å²) in [4.78, 5) is 40.4. The van der Waals surface area contributed by atoms with E-state index < -0.39 is 11.9 Å². The smallest absolute Gasteiger partial charge is 0.308 e. The van der Waals surface area contributed by atoms with Crippen molar-refractivity contribution in [3.63, 3.8) is 0 Å². The molecule has 2 heterocycles. The van der Waals surface area contributed by atoms with Crippen LogP contribution in [-0.2, 0) is 4.79 Å². The Bertz CT molecular complexity index is 877. The molecule has 0 bridgehead atoms. The fourth-order valence-corrected chi connectivity index (χ4v) is 3.63. The Morgan fingerprint density at radius 3 is 2.75 bits per heavy atom. The number of nitrogens with one attached hydrogen (secondary N) is 1. The van der Waals surface area contributed by atoms with Crippen LogP contribution in [0.1, 0.15) is 23.7 Å². The number of aromatic nitrogens is 1. The molecule has 1 aromatic carbocycles. The molecule has 2 atom stereocenters. The van der Waals surface area contributed by atoms with Gasteiger partial charge in [-0.05, 0) is 30.5 Å². The molecule has 1 fully saturated rings. The summed E-state index contributed by atoms with van der Waals surface area (Å²) >= 11 is 3.37. The number of halogens is 1. The summed E-state index contributed by atoms with van der Waals surface area (Å²) in [6.07, 6.45) is 0.556.